The molecule has 136 valence electrons. The fourth-order valence-corrected chi connectivity index (χ4v) is 2.42. The molecule has 0 unspecified atom stereocenters. The number of hydrogen-bond donors (Lipinski definition) is 2. The van der Waals surface area contributed by atoms with Gasteiger partial charge in [0.15, 0.2) is 0 Å². The third kappa shape index (κ3) is 6.03. The number of halogens is 4. The molecule has 0 atom stereocenters. The summed E-state index contributed by atoms with van der Waals surface area (Å²) in [6, 6.07) is 13.6. The minimum absolute atomic E-state index is 0.297. The standard InChI is InChI=1S/C18H14BrF3N2O2/c19-15-7-2-1-5-13(15)8-9-16(25)24-14-6-3-4-12(10-14)11-23-17(26)18(20,21)22/h1-10H,11H2,(H,23,26)(H,24,25)/b9-8+. The van der Waals surface area contributed by atoms with Gasteiger partial charge in [-0.05, 0) is 35.4 Å². The molecule has 0 aliphatic heterocycles. The summed E-state index contributed by atoms with van der Waals surface area (Å²) in [6.45, 7) is -0.297. The Balaban J connectivity index is 1.96. The Morgan fingerprint density at radius 3 is 2.50 bits per heavy atom. The number of alkyl halides is 3. The van der Waals surface area contributed by atoms with Crippen LogP contribution in [0.3, 0.4) is 0 Å². The lowest BCUT2D eigenvalue weighted by Gasteiger charge is -2.09. The normalized spacial score (nSPS) is 11.4. The minimum atomic E-state index is -4.93. The van der Waals surface area contributed by atoms with E-state index in [1.807, 2.05) is 24.3 Å². The summed E-state index contributed by atoms with van der Waals surface area (Å²) in [5, 5.41) is 4.39. The van der Waals surface area contributed by atoms with Crippen LogP contribution in [0.4, 0.5) is 18.9 Å². The molecule has 0 spiro atoms. The number of benzene rings is 2. The summed E-state index contributed by atoms with van der Waals surface area (Å²) in [7, 11) is 0. The summed E-state index contributed by atoms with van der Waals surface area (Å²) >= 11 is 3.37. The van der Waals surface area contributed by atoms with Crippen molar-refractivity contribution in [3.8, 4) is 0 Å². The molecule has 0 fully saturated rings. The van der Waals surface area contributed by atoms with E-state index >= 15 is 0 Å². The highest BCUT2D eigenvalue weighted by atomic mass is 79.9. The van der Waals surface area contributed by atoms with E-state index in [-0.39, 0.29) is 6.54 Å². The van der Waals surface area contributed by atoms with E-state index in [2.05, 4.69) is 21.2 Å². The Morgan fingerprint density at radius 1 is 1.08 bits per heavy atom. The third-order valence-corrected chi connectivity index (χ3v) is 3.95. The minimum Gasteiger partial charge on any atom is -0.344 e. The molecule has 26 heavy (non-hydrogen) atoms. The van der Waals surface area contributed by atoms with Crippen LogP contribution in [0.5, 0.6) is 0 Å². The fraction of sp³-hybridized carbons (Fsp3) is 0.111. The highest BCUT2D eigenvalue weighted by molar-refractivity contribution is 9.10. The molecule has 2 rings (SSSR count). The van der Waals surface area contributed by atoms with Gasteiger partial charge in [-0.25, -0.2) is 0 Å². The maximum atomic E-state index is 12.2. The van der Waals surface area contributed by atoms with Gasteiger partial charge in [0.2, 0.25) is 5.91 Å². The lowest BCUT2D eigenvalue weighted by Crippen LogP contribution is -2.36. The van der Waals surface area contributed by atoms with Crippen LogP contribution in [-0.4, -0.2) is 18.0 Å². The van der Waals surface area contributed by atoms with Crippen molar-refractivity contribution >= 4 is 39.5 Å². The zero-order chi connectivity index (χ0) is 19.2. The van der Waals surface area contributed by atoms with Gasteiger partial charge in [-0.2, -0.15) is 13.2 Å². The molecule has 0 bridgehead atoms. The van der Waals surface area contributed by atoms with Crippen LogP contribution in [0, 0.1) is 0 Å². The molecule has 0 aliphatic rings. The van der Waals surface area contributed by atoms with Gasteiger partial charge in [0.1, 0.15) is 0 Å². The molecule has 2 aromatic rings. The molecule has 4 nitrogen and oxygen atoms in total. The predicted molar refractivity (Wildman–Crippen MR) is 96.1 cm³/mol. The summed E-state index contributed by atoms with van der Waals surface area (Å²) < 4.78 is 37.4. The highest BCUT2D eigenvalue weighted by Crippen LogP contribution is 2.18. The van der Waals surface area contributed by atoms with Gasteiger partial charge < -0.3 is 10.6 Å². The summed E-state index contributed by atoms with van der Waals surface area (Å²) in [4.78, 5) is 22.8. The Kier molecular flexibility index (Phi) is 6.57. The number of carbonyl (C=O) groups excluding carboxylic acids is 2. The molecule has 2 aromatic carbocycles. The molecule has 2 N–H and O–H groups in total. The van der Waals surface area contributed by atoms with E-state index in [0.29, 0.717) is 11.3 Å². The molecule has 0 saturated carbocycles. The van der Waals surface area contributed by atoms with Crippen LogP contribution in [0.2, 0.25) is 0 Å². The second kappa shape index (κ2) is 8.66. The molecule has 0 radical (unpaired) electrons. The first-order valence-corrected chi connectivity index (χ1v) is 8.22. The topological polar surface area (TPSA) is 58.2 Å². The van der Waals surface area contributed by atoms with E-state index in [9.17, 15) is 22.8 Å². The van der Waals surface area contributed by atoms with Crippen molar-refractivity contribution in [2.24, 2.45) is 0 Å². The van der Waals surface area contributed by atoms with Crippen LogP contribution in [-0.2, 0) is 16.1 Å². The molecule has 0 aliphatic carbocycles. The smallest absolute Gasteiger partial charge is 0.344 e. The van der Waals surface area contributed by atoms with E-state index in [0.717, 1.165) is 10.0 Å². The number of carbonyl (C=O) groups is 2. The van der Waals surface area contributed by atoms with Crippen LogP contribution in [0.1, 0.15) is 11.1 Å². The molecule has 2 amide bonds. The summed E-state index contributed by atoms with van der Waals surface area (Å²) in [5.74, 6) is -2.40. The van der Waals surface area contributed by atoms with Crippen molar-refractivity contribution in [2.75, 3.05) is 5.32 Å². The number of hydrogen-bond acceptors (Lipinski definition) is 2. The van der Waals surface area contributed by atoms with Gasteiger partial charge in [-0.1, -0.05) is 46.3 Å². The zero-order valence-electron chi connectivity index (χ0n) is 13.3. The maximum Gasteiger partial charge on any atom is 0.471 e. The number of amides is 2. The van der Waals surface area contributed by atoms with Crippen molar-refractivity contribution < 1.29 is 22.8 Å². The van der Waals surface area contributed by atoms with Crippen molar-refractivity contribution in [1.29, 1.82) is 0 Å². The van der Waals surface area contributed by atoms with Gasteiger partial charge >= 0.3 is 12.1 Å². The maximum absolute atomic E-state index is 12.2. The first kappa shape index (κ1) is 19.7. The van der Waals surface area contributed by atoms with Crippen LogP contribution >= 0.6 is 15.9 Å². The third-order valence-electron chi connectivity index (χ3n) is 3.22. The van der Waals surface area contributed by atoms with E-state index < -0.39 is 18.0 Å². The largest absolute Gasteiger partial charge is 0.471 e. The van der Waals surface area contributed by atoms with E-state index in [1.165, 1.54) is 12.1 Å². The molecule has 0 aromatic heterocycles. The van der Waals surface area contributed by atoms with E-state index in [4.69, 9.17) is 0 Å². The SMILES string of the molecule is O=C(/C=C/c1ccccc1Br)Nc1cccc(CNC(=O)C(F)(F)F)c1. The second-order valence-corrected chi connectivity index (χ2v) is 6.08. The van der Waals surface area contributed by atoms with Crippen molar-refractivity contribution in [2.45, 2.75) is 12.7 Å². The number of anilines is 1. The number of nitrogens with one attached hydrogen (secondary N) is 2. The first-order valence-electron chi connectivity index (χ1n) is 7.43. The van der Waals surface area contributed by atoms with Crippen LogP contribution < -0.4 is 10.6 Å². The van der Waals surface area contributed by atoms with Gasteiger partial charge in [-0.3, -0.25) is 9.59 Å². The summed E-state index contributed by atoms with van der Waals surface area (Å²) in [5.41, 5.74) is 1.66. The van der Waals surface area contributed by atoms with Crippen molar-refractivity contribution in [1.82, 2.24) is 5.32 Å². The zero-order valence-corrected chi connectivity index (χ0v) is 14.9. The Labute approximate surface area is 156 Å². The van der Waals surface area contributed by atoms with Crippen molar-refractivity contribution in [3.63, 3.8) is 0 Å². The highest BCUT2D eigenvalue weighted by Gasteiger charge is 2.38. The monoisotopic (exact) mass is 426 g/mol. The molecular formula is C18H14BrF3N2O2. The molecule has 0 saturated heterocycles. The lowest BCUT2D eigenvalue weighted by molar-refractivity contribution is -0.173. The predicted octanol–water partition coefficient (Wildman–Crippen LogP) is 4.28. The average Bonchev–Trinajstić information content (AvgIpc) is 2.58. The molecule has 0 heterocycles. The quantitative estimate of drug-likeness (QED) is 0.701. The van der Waals surface area contributed by atoms with Gasteiger partial charge in [0.05, 0.1) is 0 Å². The van der Waals surface area contributed by atoms with Crippen LogP contribution in [0.25, 0.3) is 6.08 Å². The molecule has 8 heteroatoms. The first-order chi connectivity index (χ1) is 12.3. The second-order valence-electron chi connectivity index (χ2n) is 5.22. The lowest BCUT2D eigenvalue weighted by atomic mass is 10.2. The van der Waals surface area contributed by atoms with Gasteiger partial charge in [0, 0.05) is 22.8 Å². The Bertz CT molecular complexity index is 835. The van der Waals surface area contributed by atoms with Crippen LogP contribution in [0.15, 0.2) is 59.1 Å². The van der Waals surface area contributed by atoms with Crippen molar-refractivity contribution in [3.05, 3.63) is 70.2 Å². The number of rotatable bonds is 5. The van der Waals surface area contributed by atoms with Gasteiger partial charge in [-0.15, -0.1) is 0 Å². The fourth-order valence-electron chi connectivity index (χ4n) is 2.00. The van der Waals surface area contributed by atoms with E-state index in [1.54, 1.807) is 29.6 Å². The summed E-state index contributed by atoms with van der Waals surface area (Å²) in [6.07, 6.45) is -1.95. The Hall–Kier alpha value is -2.61. The molecular weight excluding hydrogens is 413 g/mol. The Morgan fingerprint density at radius 2 is 1.81 bits per heavy atom. The van der Waals surface area contributed by atoms with Gasteiger partial charge in [0.25, 0.3) is 0 Å². The average molecular weight is 427 g/mol.